The Morgan fingerprint density at radius 1 is 1.29 bits per heavy atom. The first kappa shape index (κ1) is 17.7. The number of hydrogen-bond acceptors (Lipinski definition) is 6. The molecule has 0 saturated carbocycles. The van der Waals surface area contributed by atoms with Crippen LogP contribution in [0.3, 0.4) is 0 Å². The summed E-state index contributed by atoms with van der Waals surface area (Å²) < 4.78 is 5.05. The zero-order valence-corrected chi connectivity index (χ0v) is 13.8. The van der Waals surface area contributed by atoms with Gasteiger partial charge in [-0.2, -0.15) is 0 Å². The lowest BCUT2D eigenvalue weighted by Gasteiger charge is -2.32. The summed E-state index contributed by atoms with van der Waals surface area (Å²) in [6, 6.07) is 6.58. The van der Waals surface area contributed by atoms with Crippen molar-refractivity contribution >= 4 is 23.3 Å². The quantitative estimate of drug-likeness (QED) is 0.459. The first-order valence-electron chi connectivity index (χ1n) is 7.75. The van der Waals surface area contributed by atoms with Crippen LogP contribution in [0.1, 0.15) is 12.8 Å². The van der Waals surface area contributed by atoms with Crippen molar-refractivity contribution in [2.24, 2.45) is 5.92 Å². The van der Waals surface area contributed by atoms with Gasteiger partial charge in [0, 0.05) is 33.3 Å². The van der Waals surface area contributed by atoms with Gasteiger partial charge in [0.2, 0.25) is 0 Å². The fourth-order valence-corrected chi connectivity index (χ4v) is 2.62. The number of piperidine rings is 1. The van der Waals surface area contributed by atoms with E-state index in [1.807, 2.05) is 4.90 Å². The second kappa shape index (κ2) is 7.76. The van der Waals surface area contributed by atoms with Gasteiger partial charge in [0.1, 0.15) is 5.69 Å². The maximum absolute atomic E-state index is 12.0. The second-order valence-corrected chi connectivity index (χ2v) is 5.90. The van der Waals surface area contributed by atoms with E-state index in [0.29, 0.717) is 31.6 Å². The highest BCUT2D eigenvalue weighted by atomic mass is 16.6. The fourth-order valence-electron chi connectivity index (χ4n) is 2.62. The smallest absolute Gasteiger partial charge is 0.309 e. The summed E-state index contributed by atoms with van der Waals surface area (Å²) in [5, 5.41) is 11.1. The van der Waals surface area contributed by atoms with Crippen molar-refractivity contribution in [2.45, 2.75) is 12.8 Å². The van der Waals surface area contributed by atoms with Crippen molar-refractivity contribution in [1.29, 1.82) is 0 Å². The summed E-state index contributed by atoms with van der Waals surface area (Å²) in [4.78, 5) is 37.5. The van der Waals surface area contributed by atoms with Gasteiger partial charge in [-0.3, -0.25) is 19.7 Å². The monoisotopic (exact) mass is 335 g/mol. The molecule has 0 N–H and O–H groups in total. The number of amides is 1. The molecule has 0 radical (unpaired) electrons. The number of para-hydroxylation sites is 2. The Hall–Kier alpha value is -2.64. The maximum Gasteiger partial charge on any atom is 0.309 e. The maximum atomic E-state index is 12.0. The highest BCUT2D eigenvalue weighted by molar-refractivity contribution is 5.81. The van der Waals surface area contributed by atoms with Gasteiger partial charge in [-0.1, -0.05) is 12.1 Å². The molecule has 1 aliphatic rings. The van der Waals surface area contributed by atoms with Crippen molar-refractivity contribution in [3.05, 3.63) is 34.4 Å². The number of nitro benzene ring substituents is 1. The lowest BCUT2D eigenvalue weighted by atomic mass is 9.96. The minimum absolute atomic E-state index is 0.0649. The lowest BCUT2D eigenvalue weighted by molar-refractivity contribution is -0.384. The summed E-state index contributed by atoms with van der Waals surface area (Å²) >= 11 is 0. The number of rotatable bonds is 5. The molecule has 1 aromatic carbocycles. The highest BCUT2D eigenvalue weighted by Gasteiger charge is 2.29. The van der Waals surface area contributed by atoms with E-state index >= 15 is 0 Å². The Labute approximate surface area is 140 Å². The normalized spacial score (nSPS) is 15.0. The van der Waals surface area contributed by atoms with Gasteiger partial charge >= 0.3 is 5.97 Å². The molecule has 8 nitrogen and oxygen atoms in total. The molecule has 0 bridgehead atoms. The van der Waals surface area contributed by atoms with E-state index < -0.39 is 4.92 Å². The zero-order valence-electron chi connectivity index (χ0n) is 13.8. The largest absolute Gasteiger partial charge is 0.455 e. The van der Waals surface area contributed by atoms with Gasteiger partial charge in [0.15, 0.2) is 6.61 Å². The summed E-state index contributed by atoms with van der Waals surface area (Å²) in [7, 11) is 3.20. The Balaban J connectivity index is 1.91. The number of likely N-dealkylation sites (N-methyl/N-ethyl adjacent to an activating group) is 1. The van der Waals surface area contributed by atoms with Crippen LogP contribution >= 0.6 is 0 Å². The highest BCUT2D eigenvalue weighted by Crippen LogP contribution is 2.31. The lowest BCUT2D eigenvalue weighted by Crippen LogP contribution is -2.38. The summed E-state index contributed by atoms with van der Waals surface area (Å²) in [6.07, 6.45) is 1.09. The number of carbonyl (C=O) groups excluding carboxylic acids is 2. The number of nitrogens with zero attached hydrogens (tertiary/aromatic N) is 3. The summed E-state index contributed by atoms with van der Waals surface area (Å²) in [5.41, 5.74) is 0.632. The number of nitro groups is 1. The van der Waals surface area contributed by atoms with Gasteiger partial charge in [-0.15, -0.1) is 0 Å². The topological polar surface area (TPSA) is 93.0 Å². The standard InChI is InChI=1S/C16H21N3O5/c1-17(2)15(20)11-24-16(21)12-7-9-18(10-8-12)13-5-3-4-6-14(13)19(22)23/h3-6,12H,7-11H2,1-2H3. The van der Waals surface area contributed by atoms with Crippen LogP contribution in [0, 0.1) is 16.0 Å². The van der Waals surface area contributed by atoms with Crippen molar-refractivity contribution < 1.29 is 19.2 Å². The molecule has 0 aliphatic carbocycles. The number of anilines is 1. The van der Waals surface area contributed by atoms with Gasteiger partial charge in [-0.25, -0.2) is 0 Å². The molecule has 0 aromatic heterocycles. The van der Waals surface area contributed by atoms with E-state index in [1.165, 1.54) is 11.0 Å². The molecule has 1 aliphatic heterocycles. The Morgan fingerprint density at radius 2 is 1.92 bits per heavy atom. The third-order valence-electron chi connectivity index (χ3n) is 4.08. The van der Waals surface area contributed by atoms with Gasteiger partial charge in [-0.05, 0) is 18.9 Å². The average molecular weight is 335 g/mol. The number of carbonyl (C=O) groups is 2. The molecule has 1 saturated heterocycles. The van der Waals surface area contributed by atoms with Crippen LogP contribution in [0.25, 0.3) is 0 Å². The van der Waals surface area contributed by atoms with Crippen LogP contribution in [0.5, 0.6) is 0 Å². The first-order chi connectivity index (χ1) is 11.4. The molecule has 1 amide bonds. The predicted octanol–water partition coefficient (Wildman–Crippen LogP) is 1.44. The first-order valence-corrected chi connectivity index (χ1v) is 7.75. The fraction of sp³-hybridized carbons (Fsp3) is 0.500. The average Bonchev–Trinajstić information content (AvgIpc) is 2.59. The van der Waals surface area contributed by atoms with E-state index in [1.54, 1.807) is 32.3 Å². The van der Waals surface area contributed by atoms with E-state index in [2.05, 4.69) is 0 Å². The molecule has 1 heterocycles. The van der Waals surface area contributed by atoms with Crippen molar-refractivity contribution in [3.63, 3.8) is 0 Å². The van der Waals surface area contributed by atoms with Crippen LogP contribution in [-0.4, -0.2) is 55.5 Å². The Bertz CT molecular complexity index is 624. The van der Waals surface area contributed by atoms with E-state index in [0.717, 1.165) is 0 Å². The van der Waals surface area contributed by atoms with E-state index in [-0.39, 0.29) is 30.1 Å². The number of ether oxygens (including phenoxy) is 1. The van der Waals surface area contributed by atoms with Gasteiger partial charge in [0.25, 0.3) is 11.6 Å². The molecule has 0 unspecified atom stereocenters. The zero-order chi connectivity index (χ0) is 17.7. The van der Waals surface area contributed by atoms with E-state index in [9.17, 15) is 19.7 Å². The molecule has 1 aromatic rings. The Morgan fingerprint density at radius 3 is 2.50 bits per heavy atom. The second-order valence-electron chi connectivity index (χ2n) is 5.90. The molecule has 24 heavy (non-hydrogen) atoms. The predicted molar refractivity (Wildman–Crippen MR) is 87.7 cm³/mol. The van der Waals surface area contributed by atoms with Crippen molar-refractivity contribution in [1.82, 2.24) is 4.90 Å². The minimum atomic E-state index is -0.400. The van der Waals surface area contributed by atoms with Crippen molar-refractivity contribution in [3.8, 4) is 0 Å². The number of benzene rings is 1. The summed E-state index contributed by atoms with van der Waals surface area (Å²) in [6.45, 7) is 0.814. The molecule has 0 spiro atoms. The molecule has 2 rings (SSSR count). The molecular weight excluding hydrogens is 314 g/mol. The van der Waals surface area contributed by atoms with Crippen LogP contribution in [0.2, 0.25) is 0 Å². The minimum Gasteiger partial charge on any atom is -0.455 e. The number of esters is 1. The van der Waals surface area contributed by atoms with Crippen LogP contribution < -0.4 is 4.90 Å². The van der Waals surface area contributed by atoms with Crippen LogP contribution in [-0.2, 0) is 14.3 Å². The van der Waals surface area contributed by atoms with Gasteiger partial charge < -0.3 is 14.5 Å². The molecule has 1 fully saturated rings. The van der Waals surface area contributed by atoms with Gasteiger partial charge in [0.05, 0.1) is 10.8 Å². The molecule has 130 valence electrons. The molecular formula is C16H21N3O5. The number of hydrogen-bond donors (Lipinski definition) is 0. The Kier molecular flexibility index (Phi) is 5.73. The molecule has 0 atom stereocenters. The van der Waals surface area contributed by atoms with Crippen LogP contribution in [0.15, 0.2) is 24.3 Å². The molecule has 8 heteroatoms. The SMILES string of the molecule is CN(C)C(=O)COC(=O)C1CCN(c2ccccc2[N+](=O)[O-])CC1. The third kappa shape index (κ3) is 4.21. The van der Waals surface area contributed by atoms with E-state index in [4.69, 9.17) is 4.74 Å². The third-order valence-corrected chi connectivity index (χ3v) is 4.08. The van der Waals surface area contributed by atoms with Crippen molar-refractivity contribution in [2.75, 3.05) is 38.7 Å². The van der Waals surface area contributed by atoms with Crippen LogP contribution in [0.4, 0.5) is 11.4 Å². The summed E-state index contributed by atoms with van der Waals surface area (Å²) in [5.74, 6) is -0.924.